The Bertz CT molecular complexity index is 1330. The number of halogens is 1. The van der Waals surface area contributed by atoms with E-state index in [1.54, 1.807) is 22.7 Å². The Balaban J connectivity index is 1.65. The fourth-order valence-corrected chi connectivity index (χ4v) is 4.42. The van der Waals surface area contributed by atoms with Crippen LogP contribution in [0.5, 0.6) is 0 Å². The van der Waals surface area contributed by atoms with Crippen LogP contribution >= 0.6 is 34.3 Å². The molecular formula is C23H13ClN2OS2. The molecule has 140 valence electrons. The van der Waals surface area contributed by atoms with Crippen molar-refractivity contribution < 1.29 is 4.42 Å². The van der Waals surface area contributed by atoms with E-state index < -0.39 is 0 Å². The van der Waals surface area contributed by atoms with Gasteiger partial charge in [0, 0.05) is 28.3 Å². The van der Waals surface area contributed by atoms with E-state index in [1.165, 1.54) is 0 Å². The number of hydrogen-bond acceptors (Lipinski definition) is 5. The molecule has 0 aliphatic heterocycles. The summed E-state index contributed by atoms with van der Waals surface area (Å²) in [4.78, 5) is 9.30. The second kappa shape index (κ2) is 7.84. The highest BCUT2D eigenvalue weighted by molar-refractivity contribution is 7.08. The lowest BCUT2D eigenvalue weighted by Crippen LogP contribution is -1.96. The summed E-state index contributed by atoms with van der Waals surface area (Å²) < 4.78 is 6.12. The Labute approximate surface area is 180 Å². The topological polar surface area (TPSA) is 38.9 Å². The minimum absolute atomic E-state index is 0.373. The second-order valence-corrected chi connectivity index (χ2v) is 8.28. The fourth-order valence-electron chi connectivity index (χ4n) is 3.01. The van der Waals surface area contributed by atoms with E-state index in [9.17, 15) is 0 Å². The lowest BCUT2D eigenvalue weighted by Gasteiger charge is -2.02. The van der Waals surface area contributed by atoms with Gasteiger partial charge in [0.1, 0.15) is 5.52 Å². The first-order valence-electron chi connectivity index (χ1n) is 8.87. The van der Waals surface area contributed by atoms with Gasteiger partial charge in [-0.15, -0.1) is 0 Å². The predicted octanol–water partition coefficient (Wildman–Crippen LogP) is 6.66. The molecule has 4 aromatic heterocycles. The average molecular weight is 433 g/mol. The van der Waals surface area contributed by atoms with Gasteiger partial charge in [-0.2, -0.15) is 22.7 Å². The Hall–Kier alpha value is -2.91. The molecule has 1 aromatic carbocycles. The molecule has 0 aliphatic rings. The van der Waals surface area contributed by atoms with Crippen LogP contribution < -0.4 is 0 Å². The Morgan fingerprint density at radius 3 is 2.52 bits per heavy atom. The molecule has 0 N–H and O–H groups in total. The smallest absolute Gasteiger partial charge is 0.247 e. The van der Waals surface area contributed by atoms with Crippen molar-refractivity contribution in [2.45, 2.75) is 6.42 Å². The predicted molar refractivity (Wildman–Crippen MR) is 120 cm³/mol. The first-order valence-corrected chi connectivity index (χ1v) is 11.1. The molecule has 0 saturated heterocycles. The Morgan fingerprint density at radius 2 is 1.76 bits per heavy atom. The van der Waals surface area contributed by atoms with Crippen LogP contribution in [0.1, 0.15) is 22.4 Å². The molecule has 0 saturated carbocycles. The summed E-state index contributed by atoms with van der Waals surface area (Å²) in [6.45, 7) is 0. The maximum atomic E-state index is 6.50. The maximum Gasteiger partial charge on any atom is 0.247 e. The van der Waals surface area contributed by atoms with Gasteiger partial charge in [-0.25, -0.2) is 9.97 Å². The maximum absolute atomic E-state index is 6.50. The molecule has 0 aliphatic carbocycles. The van der Waals surface area contributed by atoms with Gasteiger partial charge in [0.25, 0.3) is 0 Å². The van der Waals surface area contributed by atoms with Crippen LogP contribution in [-0.2, 0) is 6.42 Å². The minimum atomic E-state index is 0.373. The highest BCUT2D eigenvalue weighted by Crippen LogP contribution is 2.34. The molecule has 29 heavy (non-hydrogen) atoms. The summed E-state index contributed by atoms with van der Waals surface area (Å²) in [7, 11) is 0. The van der Waals surface area contributed by atoms with Crippen LogP contribution in [0.4, 0.5) is 0 Å². The number of benzene rings is 1. The summed E-state index contributed by atoms with van der Waals surface area (Å²) in [5.41, 5.74) is 5.49. The van der Waals surface area contributed by atoms with Crippen LogP contribution in [-0.4, -0.2) is 9.97 Å². The summed E-state index contributed by atoms with van der Waals surface area (Å²) >= 11 is 9.72. The zero-order valence-electron chi connectivity index (χ0n) is 15.1. The van der Waals surface area contributed by atoms with Gasteiger partial charge in [0.2, 0.25) is 5.71 Å². The van der Waals surface area contributed by atoms with E-state index in [-0.39, 0.29) is 0 Å². The van der Waals surface area contributed by atoms with Gasteiger partial charge < -0.3 is 4.42 Å². The van der Waals surface area contributed by atoms with Gasteiger partial charge in [-0.1, -0.05) is 53.8 Å². The molecule has 0 amide bonds. The third kappa shape index (κ3) is 3.70. The molecule has 4 heterocycles. The van der Waals surface area contributed by atoms with Crippen molar-refractivity contribution in [1.29, 1.82) is 0 Å². The van der Waals surface area contributed by atoms with E-state index in [2.05, 4.69) is 21.8 Å². The number of rotatable bonds is 3. The van der Waals surface area contributed by atoms with Gasteiger partial charge in [0.15, 0.2) is 10.9 Å². The largest absolute Gasteiger partial charge is 0.435 e. The number of nitrogens with zero attached hydrogens (tertiary/aromatic N) is 2. The summed E-state index contributed by atoms with van der Waals surface area (Å²) in [6, 6.07) is 14.0. The third-order valence-electron chi connectivity index (χ3n) is 4.40. The fraction of sp³-hybridized carbons (Fsp3) is 0.0435. The number of hydrogen-bond donors (Lipinski definition) is 0. The molecule has 0 radical (unpaired) electrons. The number of fused-ring (bicyclic) bond motifs is 1. The van der Waals surface area contributed by atoms with Crippen LogP contribution in [0.15, 0.2) is 68.4 Å². The van der Waals surface area contributed by atoms with Gasteiger partial charge >= 0.3 is 0 Å². The minimum Gasteiger partial charge on any atom is -0.435 e. The molecule has 0 unspecified atom stereocenters. The quantitative estimate of drug-likeness (QED) is 0.299. The molecule has 0 spiro atoms. The van der Waals surface area contributed by atoms with Gasteiger partial charge in [-0.05, 0) is 28.5 Å². The normalized spacial score (nSPS) is 10.8. The second-order valence-electron chi connectivity index (χ2n) is 6.36. The molecule has 5 aromatic rings. The standard InChI is InChI=1S/C23H13ClN2OS2/c24-22-19(12-15-4-2-1-3-5-15)25-23-20(26-22)18(7-6-16-8-10-28-13-16)21(27-23)17-9-11-29-14-17/h1-5,8-11,13-14H,12H2. The van der Waals surface area contributed by atoms with Crippen LogP contribution in [0.3, 0.4) is 0 Å². The third-order valence-corrected chi connectivity index (χ3v) is 6.07. The zero-order chi connectivity index (χ0) is 19.6. The molecule has 0 bridgehead atoms. The average Bonchev–Trinajstić information content (AvgIpc) is 3.49. The Kier molecular flexibility index (Phi) is 4.91. The van der Waals surface area contributed by atoms with Crippen LogP contribution in [0, 0.1) is 11.8 Å². The Morgan fingerprint density at radius 1 is 0.931 bits per heavy atom. The van der Waals surface area contributed by atoms with Crippen molar-refractivity contribution >= 4 is 45.5 Å². The van der Waals surface area contributed by atoms with Crippen molar-refractivity contribution in [3.63, 3.8) is 0 Å². The summed E-state index contributed by atoms with van der Waals surface area (Å²) in [5, 5.41) is 8.42. The van der Waals surface area contributed by atoms with E-state index >= 15 is 0 Å². The van der Waals surface area contributed by atoms with Crippen molar-refractivity contribution in [3.8, 4) is 23.2 Å². The highest BCUT2D eigenvalue weighted by Gasteiger charge is 2.20. The van der Waals surface area contributed by atoms with E-state index in [4.69, 9.17) is 16.0 Å². The van der Waals surface area contributed by atoms with E-state index in [1.807, 2.05) is 64.0 Å². The van der Waals surface area contributed by atoms with Crippen molar-refractivity contribution in [2.75, 3.05) is 0 Å². The monoisotopic (exact) mass is 432 g/mol. The number of thiophene rings is 2. The molecule has 5 rings (SSSR count). The summed E-state index contributed by atoms with van der Waals surface area (Å²) in [6.07, 6.45) is 0.590. The van der Waals surface area contributed by atoms with E-state index in [0.717, 1.165) is 16.7 Å². The van der Waals surface area contributed by atoms with Crippen LogP contribution in [0.25, 0.3) is 22.6 Å². The molecule has 0 fully saturated rings. The van der Waals surface area contributed by atoms with Gasteiger partial charge in [0.05, 0.1) is 11.3 Å². The van der Waals surface area contributed by atoms with Crippen molar-refractivity contribution in [1.82, 2.24) is 9.97 Å². The van der Waals surface area contributed by atoms with Gasteiger partial charge in [-0.3, -0.25) is 0 Å². The molecule has 6 heteroatoms. The molecule has 0 atom stereocenters. The van der Waals surface area contributed by atoms with Crippen LogP contribution in [0.2, 0.25) is 5.15 Å². The van der Waals surface area contributed by atoms with E-state index in [0.29, 0.717) is 39.8 Å². The lowest BCUT2D eigenvalue weighted by molar-refractivity contribution is 0.615. The van der Waals surface area contributed by atoms with Crippen molar-refractivity contribution in [3.05, 3.63) is 91.5 Å². The first-order chi connectivity index (χ1) is 14.3. The summed E-state index contributed by atoms with van der Waals surface area (Å²) in [5.74, 6) is 7.10. The molecular weight excluding hydrogens is 420 g/mol. The SMILES string of the molecule is Clc1nc2c(C#Cc3ccsc3)c(-c3ccsc3)oc2nc1Cc1ccccc1. The number of aromatic nitrogens is 2. The first kappa shape index (κ1) is 18.1. The molecule has 3 nitrogen and oxygen atoms in total. The number of furan rings is 1. The lowest BCUT2D eigenvalue weighted by atomic mass is 10.1. The van der Waals surface area contributed by atoms with Crippen molar-refractivity contribution in [2.24, 2.45) is 0 Å². The highest BCUT2D eigenvalue weighted by atomic mass is 35.5. The zero-order valence-corrected chi connectivity index (χ0v) is 17.4.